The van der Waals surface area contributed by atoms with Crippen LogP contribution in [0.5, 0.6) is 0 Å². The minimum absolute atomic E-state index is 0.350. The lowest BCUT2D eigenvalue weighted by Crippen LogP contribution is -2.53. The monoisotopic (exact) mass is 245 g/mol. The molecule has 1 aromatic rings. The van der Waals surface area contributed by atoms with Gasteiger partial charge in [0, 0.05) is 6.54 Å². The fraction of sp³-hybridized carbons (Fsp3) is 0.500. The average Bonchev–Trinajstić information content (AvgIpc) is 2.87. The number of hydrogen-bond donors (Lipinski definition) is 1. The number of fused-ring (bicyclic) bond motifs is 1. The molecule has 3 rings (SSSR count). The highest BCUT2D eigenvalue weighted by Gasteiger charge is 2.36. The van der Waals surface area contributed by atoms with Gasteiger partial charge >= 0.3 is 0 Å². The molecule has 1 aliphatic carbocycles. The highest BCUT2D eigenvalue weighted by molar-refractivity contribution is 5.81. The summed E-state index contributed by atoms with van der Waals surface area (Å²) in [7, 11) is 0. The number of rotatable bonds is 1. The average molecular weight is 245 g/mol. The van der Waals surface area contributed by atoms with E-state index in [1.807, 2.05) is 30.3 Å². The fourth-order valence-electron chi connectivity index (χ4n) is 2.91. The number of nitrogens with zero attached hydrogens (tertiary/aromatic N) is 2. The Morgan fingerprint density at radius 3 is 2.94 bits per heavy atom. The van der Waals surface area contributed by atoms with E-state index in [-0.39, 0.29) is 0 Å². The molecule has 96 valence electrons. The molecular formula is C14H19N3O. The van der Waals surface area contributed by atoms with Crippen molar-refractivity contribution in [2.45, 2.75) is 31.4 Å². The Labute approximate surface area is 107 Å². The molecule has 1 aliphatic heterocycles. The van der Waals surface area contributed by atoms with Crippen LogP contribution in [0.3, 0.4) is 0 Å². The summed E-state index contributed by atoms with van der Waals surface area (Å²) in [6.07, 6.45) is 3.89. The molecule has 0 radical (unpaired) electrons. The maximum atomic E-state index is 6.16. The number of nitrogens with two attached hydrogens (primary N) is 1. The van der Waals surface area contributed by atoms with Crippen molar-refractivity contribution >= 4 is 11.6 Å². The first-order valence-electron chi connectivity index (χ1n) is 6.62. The molecule has 0 bridgehead atoms. The van der Waals surface area contributed by atoms with Crippen molar-refractivity contribution < 1.29 is 4.74 Å². The van der Waals surface area contributed by atoms with Gasteiger partial charge in [-0.1, -0.05) is 18.2 Å². The maximum absolute atomic E-state index is 6.16. The summed E-state index contributed by atoms with van der Waals surface area (Å²) in [5, 5.41) is 0. The molecule has 0 amide bonds. The van der Waals surface area contributed by atoms with Crippen LogP contribution in [0.25, 0.3) is 0 Å². The minimum Gasteiger partial charge on any atom is -0.374 e. The SMILES string of the molecule is NC(=Nc1ccccc1)N1CCOC2CCCC21. The molecule has 18 heavy (non-hydrogen) atoms. The van der Waals surface area contributed by atoms with E-state index in [2.05, 4.69) is 9.89 Å². The van der Waals surface area contributed by atoms with Gasteiger partial charge in [0.15, 0.2) is 5.96 Å². The summed E-state index contributed by atoms with van der Waals surface area (Å²) in [5.74, 6) is 0.626. The smallest absolute Gasteiger partial charge is 0.196 e. The number of hydrogen-bond acceptors (Lipinski definition) is 2. The Balaban J connectivity index is 1.79. The Hall–Kier alpha value is -1.55. The topological polar surface area (TPSA) is 50.8 Å². The van der Waals surface area contributed by atoms with Crippen LogP contribution in [0, 0.1) is 0 Å². The number of para-hydroxylation sites is 1. The van der Waals surface area contributed by atoms with Gasteiger partial charge in [-0.05, 0) is 31.4 Å². The lowest BCUT2D eigenvalue weighted by atomic mass is 10.1. The van der Waals surface area contributed by atoms with Gasteiger partial charge in [-0.25, -0.2) is 4.99 Å². The Bertz CT molecular complexity index is 432. The molecule has 4 nitrogen and oxygen atoms in total. The van der Waals surface area contributed by atoms with Gasteiger partial charge in [-0.2, -0.15) is 0 Å². The van der Waals surface area contributed by atoms with Gasteiger partial charge in [-0.3, -0.25) is 0 Å². The van der Waals surface area contributed by atoms with Crippen molar-refractivity contribution in [2.24, 2.45) is 10.7 Å². The van der Waals surface area contributed by atoms with E-state index in [0.717, 1.165) is 31.7 Å². The van der Waals surface area contributed by atoms with Crippen molar-refractivity contribution in [3.63, 3.8) is 0 Å². The molecule has 2 atom stereocenters. The second-order valence-electron chi connectivity index (χ2n) is 4.91. The van der Waals surface area contributed by atoms with Crippen LogP contribution < -0.4 is 5.73 Å². The molecule has 4 heteroatoms. The summed E-state index contributed by atoms with van der Waals surface area (Å²) < 4.78 is 5.78. The quantitative estimate of drug-likeness (QED) is 0.607. The molecule has 2 unspecified atom stereocenters. The van der Waals surface area contributed by atoms with Crippen LogP contribution in [0.15, 0.2) is 35.3 Å². The highest BCUT2D eigenvalue weighted by atomic mass is 16.5. The second-order valence-corrected chi connectivity index (χ2v) is 4.91. The number of benzene rings is 1. The van der Waals surface area contributed by atoms with Crippen LogP contribution in [0.1, 0.15) is 19.3 Å². The molecule has 1 aromatic carbocycles. The molecule has 2 N–H and O–H groups in total. The first kappa shape index (κ1) is 11.5. The van der Waals surface area contributed by atoms with Crippen molar-refractivity contribution in [2.75, 3.05) is 13.2 Å². The predicted octanol–water partition coefficient (Wildman–Crippen LogP) is 1.89. The van der Waals surface area contributed by atoms with Crippen LogP contribution in [-0.2, 0) is 4.74 Å². The van der Waals surface area contributed by atoms with Gasteiger partial charge in [0.1, 0.15) is 0 Å². The van der Waals surface area contributed by atoms with Gasteiger partial charge in [0.25, 0.3) is 0 Å². The molecule has 2 aliphatic rings. The van der Waals surface area contributed by atoms with E-state index in [1.165, 1.54) is 6.42 Å². The van der Waals surface area contributed by atoms with E-state index < -0.39 is 0 Å². The third-order valence-corrected chi connectivity index (χ3v) is 3.78. The Morgan fingerprint density at radius 2 is 2.11 bits per heavy atom. The van der Waals surface area contributed by atoms with Crippen LogP contribution >= 0.6 is 0 Å². The Kier molecular flexibility index (Phi) is 3.19. The first-order valence-corrected chi connectivity index (χ1v) is 6.62. The number of morpholine rings is 1. The van der Waals surface area contributed by atoms with E-state index >= 15 is 0 Å². The van der Waals surface area contributed by atoms with E-state index in [9.17, 15) is 0 Å². The molecule has 0 aromatic heterocycles. The molecule has 2 fully saturated rings. The molecular weight excluding hydrogens is 226 g/mol. The minimum atomic E-state index is 0.350. The highest BCUT2D eigenvalue weighted by Crippen LogP contribution is 2.29. The zero-order valence-electron chi connectivity index (χ0n) is 10.5. The number of ether oxygens (including phenoxy) is 1. The summed E-state index contributed by atoms with van der Waals surface area (Å²) in [6.45, 7) is 1.61. The second kappa shape index (κ2) is 4.98. The predicted molar refractivity (Wildman–Crippen MR) is 71.8 cm³/mol. The number of guanidine groups is 1. The molecule has 1 saturated carbocycles. The lowest BCUT2D eigenvalue weighted by Gasteiger charge is -2.38. The van der Waals surface area contributed by atoms with Gasteiger partial charge < -0.3 is 15.4 Å². The third-order valence-electron chi connectivity index (χ3n) is 3.78. The zero-order chi connectivity index (χ0) is 12.4. The lowest BCUT2D eigenvalue weighted by molar-refractivity contribution is -0.0297. The van der Waals surface area contributed by atoms with Gasteiger partial charge in [-0.15, -0.1) is 0 Å². The largest absolute Gasteiger partial charge is 0.374 e. The first-order chi connectivity index (χ1) is 8.84. The normalized spacial score (nSPS) is 28.2. The summed E-state index contributed by atoms with van der Waals surface area (Å²) >= 11 is 0. The van der Waals surface area contributed by atoms with Gasteiger partial charge in [0.05, 0.1) is 24.4 Å². The van der Waals surface area contributed by atoms with Crippen molar-refractivity contribution in [1.29, 1.82) is 0 Å². The van der Waals surface area contributed by atoms with E-state index in [0.29, 0.717) is 18.1 Å². The third kappa shape index (κ3) is 2.20. The Morgan fingerprint density at radius 1 is 1.28 bits per heavy atom. The van der Waals surface area contributed by atoms with Crippen LogP contribution in [0.4, 0.5) is 5.69 Å². The van der Waals surface area contributed by atoms with E-state index in [1.54, 1.807) is 0 Å². The summed E-state index contributed by atoms with van der Waals surface area (Å²) in [4.78, 5) is 6.72. The molecule has 1 heterocycles. The summed E-state index contributed by atoms with van der Waals surface area (Å²) in [5.41, 5.74) is 7.07. The van der Waals surface area contributed by atoms with Gasteiger partial charge in [0.2, 0.25) is 0 Å². The van der Waals surface area contributed by atoms with Crippen molar-refractivity contribution in [3.8, 4) is 0 Å². The zero-order valence-corrected chi connectivity index (χ0v) is 10.5. The van der Waals surface area contributed by atoms with Crippen molar-refractivity contribution in [1.82, 2.24) is 4.90 Å². The fourth-order valence-corrected chi connectivity index (χ4v) is 2.91. The molecule has 0 spiro atoms. The molecule has 1 saturated heterocycles. The number of aliphatic imine (C=N–C) groups is 1. The standard InChI is InChI=1S/C14H19N3O/c15-14(16-11-5-2-1-3-6-11)17-9-10-18-13-8-4-7-12(13)17/h1-3,5-6,12-13H,4,7-10H2,(H2,15,16). The maximum Gasteiger partial charge on any atom is 0.196 e. The van der Waals surface area contributed by atoms with Crippen LogP contribution in [0.2, 0.25) is 0 Å². The van der Waals surface area contributed by atoms with E-state index in [4.69, 9.17) is 10.5 Å². The summed E-state index contributed by atoms with van der Waals surface area (Å²) in [6, 6.07) is 10.3. The van der Waals surface area contributed by atoms with Crippen LogP contribution in [-0.4, -0.2) is 36.2 Å². The van der Waals surface area contributed by atoms with Crippen molar-refractivity contribution in [3.05, 3.63) is 30.3 Å².